The van der Waals surface area contributed by atoms with E-state index in [-0.39, 0.29) is 12.5 Å². The minimum Gasteiger partial charge on any atom is -0.492 e. The number of carbonyl (C=O) groups excluding carboxylic acids is 1. The van der Waals surface area contributed by atoms with Crippen LogP contribution in [0.3, 0.4) is 0 Å². The van der Waals surface area contributed by atoms with Crippen LogP contribution >= 0.6 is 23.2 Å². The van der Waals surface area contributed by atoms with Crippen molar-refractivity contribution < 1.29 is 9.53 Å². The van der Waals surface area contributed by atoms with E-state index in [0.717, 1.165) is 5.75 Å². The van der Waals surface area contributed by atoms with Gasteiger partial charge in [-0.25, -0.2) is 0 Å². The van der Waals surface area contributed by atoms with Crippen LogP contribution in [0.4, 0.5) is 5.69 Å². The second-order valence-corrected chi connectivity index (χ2v) is 5.86. The van der Waals surface area contributed by atoms with E-state index in [2.05, 4.69) is 5.32 Å². The zero-order valence-corrected chi connectivity index (χ0v) is 14.3. The monoisotopic (exact) mass is 352 g/mol. The molecule has 2 aromatic rings. The number of amides is 1. The standard InChI is InChI=1S/C17H18Cl2N2O2/c1-21(10-11-23-13-6-3-2-4-7-13)12-16(22)20-17-14(18)8-5-9-15(17)19/h2-9H,10-12H2,1H3,(H,20,22). The Hall–Kier alpha value is -1.75. The zero-order valence-electron chi connectivity index (χ0n) is 12.8. The molecule has 23 heavy (non-hydrogen) atoms. The van der Waals surface area contributed by atoms with E-state index in [0.29, 0.717) is 28.9 Å². The molecule has 0 fully saturated rings. The summed E-state index contributed by atoms with van der Waals surface area (Å²) in [6, 6.07) is 14.6. The second kappa shape index (κ2) is 8.77. The van der Waals surface area contributed by atoms with Crippen LogP contribution in [0.1, 0.15) is 0 Å². The molecule has 0 aromatic heterocycles. The molecule has 6 heteroatoms. The summed E-state index contributed by atoms with van der Waals surface area (Å²) in [5, 5.41) is 3.57. The molecule has 0 spiro atoms. The largest absolute Gasteiger partial charge is 0.492 e. The van der Waals surface area contributed by atoms with E-state index in [1.165, 1.54) is 0 Å². The lowest BCUT2D eigenvalue weighted by atomic mass is 10.3. The van der Waals surface area contributed by atoms with E-state index >= 15 is 0 Å². The molecule has 0 aliphatic carbocycles. The molecule has 122 valence electrons. The SMILES string of the molecule is CN(CCOc1ccccc1)CC(=O)Nc1c(Cl)cccc1Cl. The molecule has 0 heterocycles. The third kappa shape index (κ3) is 5.75. The number of nitrogens with zero attached hydrogens (tertiary/aromatic N) is 1. The van der Waals surface area contributed by atoms with Crippen molar-refractivity contribution in [3.05, 3.63) is 58.6 Å². The molecule has 0 aliphatic heterocycles. The van der Waals surface area contributed by atoms with Gasteiger partial charge in [-0.15, -0.1) is 0 Å². The Morgan fingerprint density at radius 2 is 1.74 bits per heavy atom. The highest BCUT2D eigenvalue weighted by atomic mass is 35.5. The van der Waals surface area contributed by atoms with Gasteiger partial charge in [0.2, 0.25) is 5.91 Å². The summed E-state index contributed by atoms with van der Waals surface area (Å²) < 4.78 is 5.60. The molecule has 2 aromatic carbocycles. The van der Waals surface area contributed by atoms with Crippen molar-refractivity contribution >= 4 is 34.8 Å². The van der Waals surface area contributed by atoms with Crippen molar-refractivity contribution in [2.24, 2.45) is 0 Å². The average molecular weight is 353 g/mol. The van der Waals surface area contributed by atoms with Gasteiger partial charge in [-0.1, -0.05) is 47.5 Å². The van der Waals surface area contributed by atoms with Gasteiger partial charge >= 0.3 is 0 Å². The van der Waals surface area contributed by atoms with E-state index < -0.39 is 0 Å². The van der Waals surface area contributed by atoms with E-state index in [1.54, 1.807) is 18.2 Å². The molecule has 2 rings (SSSR count). The first-order valence-electron chi connectivity index (χ1n) is 7.16. The predicted octanol–water partition coefficient (Wildman–Crippen LogP) is 3.94. The molecule has 0 atom stereocenters. The highest BCUT2D eigenvalue weighted by Gasteiger charge is 2.11. The highest BCUT2D eigenvalue weighted by molar-refractivity contribution is 6.39. The van der Waals surface area contributed by atoms with E-state index in [4.69, 9.17) is 27.9 Å². The fraction of sp³-hybridized carbons (Fsp3) is 0.235. The van der Waals surface area contributed by atoms with E-state index in [9.17, 15) is 4.79 Å². The minimum atomic E-state index is -0.179. The number of halogens is 2. The quantitative estimate of drug-likeness (QED) is 0.820. The molecule has 1 amide bonds. The van der Waals surface area contributed by atoms with Crippen molar-refractivity contribution in [2.45, 2.75) is 0 Å². The Morgan fingerprint density at radius 1 is 1.09 bits per heavy atom. The first kappa shape index (κ1) is 17.6. The Morgan fingerprint density at radius 3 is 2.39 bits per heavy atom. The molecule has 0 unspecified atom stereocenters. The van der Waals surface area contributed by atoms with Crippen LogP contribution < -0.4 is 10.1 Å². The molecule has 4 nitrogen and oxygen atoms in total. The number of carbonyl (C=O) groups is 1. The first-order valence-corrected chi connectivity index (χ1v) is 7.92. The average Bonchev–Trinajstić information content (AvgIpc) is 2.52. The Bertz CT molecular complexity index is 630. The molecule has 0 saturated heterocycles. The molecule has 0 radical (unpaired) electrons. The number of hydrogen-bond acceptors (Lipinski definition) is 3. The number of rotatable bonds is 7. The number of benzene rings is 2. The van der Waals surface area contributed by atoms with Crippen molar-refractivity contribution in [2.75, 3.05) is 32.1 Å². The van der Waals surface area contributed by atoms with Gasteiger partial charge in [-0.2, -0.15) is 0 Å². The number of para-hydroxylation sites is 2. The maximum atomic E-state index is 12.0. The minimum absolute atomic E-state index is 0.179. The van der Waals surface area contributed by atoms with Crippen LogP contribution in [0.5, 0.6) is 5.75 Å². The van der Waals surface area contributed by atoms with Gasteiger partial charge < -0.3 is 10.1 Å². The van der Waals surface area contributed by atoms with Gasteiger partial charge in [0.15, 0.2) is 0 Å². The van der Waals surface area contributed by atoms with Crippen LogP contribution in [-0.2, 0) is 4.79 Å². The smallest absolute Gasteiger partial charge is 0.238 e. The number of ether oxygens (including phenoxy) is 1. The van der Waals surface area contributed by atoms with Crippen molar-refractivity contribution in [3.8, 4) is 5.75 Å². The fourth-order valence-electron chi connectivity index (χ4n) is 1.96. The summed E-state index contributed by atoms with van der Waals surface area (Å²) in [6.45, 7) is 1.35. The van der Waals surface area contributed by atoms with Gasteiger partial charge in [-0.3, -0.25) is 9.69 Å². The summed E-state index contributed by atoms with van der Waals surface area (Å²) in [7, 11) is 1.85. The van der Waals surface area contributed by atoms with Crippen molar-refractivity contribution in [1.29, 1.82) is 0 Å². The molecule has 0 saturated carbocycles. The summed E-state index contributed by atoms with van der Waals surface area (Å²) in [4.78, 5) is 13.9. The number of anilines is 1. The number of likely N-dealkylation sites (N-methyl/N-ethyl adjacent to an activating group) is 1. The summed E-state index contributed by atoms with van der Waals surface area (Å²) in [5.74, 6) is 0.635. The number of hydrogen-bond donors (Lipinski definition) is 1. The lowest BCUT2D eigenvalue weighted by molar-refractivity contribution is -0.117. The Kier molecular flexibility index (Phi) is 6.71. The van der Waals surface area contributed by atoms with Gasteiger partial charge in [-0.05, 0) is 31.3 Å². The second-order valence-electron chi connectivity index (χ2n) is 5.04. The third-order valence-electron chi connectivity index (χ3n) is 3.13. The number of nitrogens with one attached hydrogen (secondary N) is 1. The zero-order chi connectivity index (χ0) is 16.7. The van der Waals surface area contributed by atoms with Crippen molar-refractivity contribution in [1.82, 2.24) is 4.90 Å². The van der Waals surface area contributed by atoms with Crippen LogP contribution in [0.2, 0.25) is 10.0 Å². The lowest BCUT2D eigenvalue weighted by Crippen LogP contribution is -2.33. The van der Waals surface area contributed by atoms with Crippen LogP contribution in [-0.4, -0.2) is 37.6 Å². The van der Waals surface area contributed by atoms with Gasteiger partial charge in [0.05, 0.1) is 22.3 Å². The lowest BCUT2D eigenvalue weighted by Gasteiger charge is -2.17. The molecule has 0 aliphatic rings. The Labute approximate surface area is 146 Å². The van der Waals surface area contributed by atoms with Gasteiger partial charge in [0.1, 0.15) is 12.4 Å². The fourth-order valence-corrected chi connectivity index (χ4v) is 2.45. The summed E-state index contributed by atoms with van der Waals surface area (Å²) >= 11 is 12.1. The van der Waals surface area contributed by atoms with Crippen LogP contribution in [0.15, 0.2) is 48.5 Å². The maximum absolute atomic E-state index is 12.0. The van der Waals surface area contributed by atoms with Crippen LogP contribution in [0.25, 0.3) is 0 Å². The van der Waals surface area contributed by atoms with Crippen molar-refractivity contribution in [3.63, 3.8) is 0 Å². The summed E-state index contributed by atoms with van der Waals surface area (Å²) in [6.07, 6.45) is 0. The normalized spacial score (nSPS) is 10.6. The predicted molar refractivity (Wildman–Crippen MR) is 94.5 cm³/mol. The molecular formula is C17H18Cl2N2O2. The first-order chi connectivity index (χ1) is 11.1. The Balaban J connectivity index is 1.76. The summed E-state index contributed by atoms with van der Waals surface area (Å²) in [5.41, 5.74) is 0.440. The van der Waals surface area contributed by atoms with Crippen LogP contribution in [0, 0.1) is 0 Å². The third-order valence-corrected chi connectivity index (χ3v) is 3.76. The maximum Gasteiger partial charge on any atom is 0.238 e. The highest BCUT2D eigenvalue weighted by Crippen LogP contribution is 2.29. The van der Waals surface area contributed by atoms with E-state index in [1.807, 2.05) is 42.3 Å². The molecule has 1 N–H and O–H groups in total. The van der Waals surface area contributed by atoms with Gasteiger partial charge in [0, 0.05) is 6.54 Å². The molecular weight excluding hydrogens is 335 g/mol. The van der Waals surface area contributed by atoms with Gasteiger partial charge in [0.25, 0.3) is 0 Å². The molecule has 0 bridgehead atoms. The topological polar surface area (TPSA) is 41.6 Å².